The Morgan fingerprint density at radius 2 is 1.09 bits per heavy atom. The fraction of sp³-hybridized carbons (Fsp3) is 0.222. The van der Waals surface area contributed by atoms with Gasteiger partial charge in [-0.15, -0.1) is 11.8 Å². The van der Waals surface area contributed by atoms with Gasteiger partial charge >= 0.3 is 11.9 Å². The lowest BCUT2D eigenvalue weighted by molar-refractivity contribution is -0.133. The molecule has 120 valence electrons. The summed E-state index contributed by atoms with van der Waals surface area (Å²) < 4.78 is 10.5. The number of carbonyl (C=O) groups excluding carboxylic acids is 2. The molecular formula is C18H18O4S. The lowest BCUT2D eigenvalue weighted by Crippen LogP contribution is -2.27. The number of carbonyl (C=O) groups is 2. The molecule has 4 nitrogen and oxygen atoms in total. The van der Waals surface area contributed by atoms with E-state index in [1.807, 2.05) is 12.1 Å². The molecule has 0 aromatic heterocycles. The number of hydrogen-bond donors (Lipinski definition) is 0. The van der Waals surface area contributed by atoms with Gasteiger partial charge in [0.2, 0.25) is 0 Å². The van der Waals surface area contributed by atoms with E-state index < -0.39 is 10.5 Å². The van der Waals surface area contributed by atoms with Crippen molar-refractivity contribution in [1.82, 2.24) is 0 Å². The van der Waals surface area contributed by atoms with Crippen molar-refractivity contribution in [3.63, 3.8) is 0 Å². The molecule has 2 aromatic carbocycles. The number of thioether (sulfide) groups is 1. The van der Waals surface area contributed by atoms with Crippen LogP contribution in [-0.2, 0) is 9.59 Å². The van der Waals surface area contributed by atoms with Crippen LogP contribution in [0.15, 0.2) is 60.7 Å². The van der Waals surface area contributed by atoms with Crippen LogP contribution < -0.4 is 9.47 Å². The molecule has 0 aliphatic rings. The second-order valence-corrected chi connectivity index (χ2v) is 6.58. The van der Waals surface area contributed by atoms with Crippen molar-refractivity contribution in [1.29, 1.82) is 0 Å². The van der Waals surface area contributed by atoms with Crippen LogP contribution in [0.25, 0.3) is 0 Å². The van der Waals surface area contributed by atoms with Gasteiger partial charge in [0.05, 0.1) is 0 Å². The highest BCUT2D eigenvalue weighted by Gasteiger charge is 2.24. The summed E-state index contributed by atoms with van der Waals surface area (Å²) in [5.41, 5.74) is 0. The van der Waals surface area contributed by atoms with Gasteiger partial charge in [0.15, 0.2) is 0 Å². The third kappa shape index (κ3) is 5.45. The first kappa shape index (κ1) is 17.1. The first-order chi connectivity index (χ1) is 11.1. The molecule has 2 unspecified atom stereocenters. The van der Waals surface area contributed by atoms with Gasteiger partial charge < -0.3 is 9.47 Å². The van der Waals surface area contributed by atoms with Gasteiger partial charge in [-0.1, -0.05) is 36.4 Å². The summed E-state index contributed by atoms with van der Waals surface area (Å²) >= 11 is 1.21. The van der Waals surface area contributed by atoms with E-state index in [0.717, 1.165) is 0 Å². The number of ether oxygens (including phenoxy) is 2. The van der Waals surface area contributed by atoms with Crippen LogP contribution in [0.3, 0.4) is 0 Å². The second-order valence-electron chi connectivity index (χ2n) is 4.89. The van der Waals surface area contributed by atoms with Crippen molar-refractivity contribution in [2.75, 3.05) is 0 Å². The fourth-order valence-corrected chi connectivity index (χ4v) is 2.72. The van der Waals surface area contributed by atoms with E-state index in [0.29, 0.717) is 11.5 Å². The summed E-state index contributed by atoms with van der Waals surface area (Å²) in [6, 6.07) is 17.7. The zero-order chi connectivity index (χ0) is 16.7. The van der Waals surface area contributed by atoms with Gasteiger partial charge in [-0.3, -0.25) is 9.59 Å². The summed E-state index contributed by atoms with van der Waals surface area (Å²) in [6.07, 6.45) is 0. The van der Waals surface area contributed by atoms with Crippen LogP contribution in [-0.4, -0.2) is 22.4 Å². The average Bonchev–Trinajstić information content (AvgIpc) is 2.56. The summed E-state index contributed by atoms with van der Waals surface area (Å²) in [5, 5.41) is -0.956. The van der Waals surface area contributed by atoms with Crippen LogP contribution in [0.2, 0.25) is 0 Å². The van der Waals surface area contributed by atoms with E-state index >= 15 is 0 Å². The van der Waals surface area contributed by atoms with Crippen molar-refractivity contribution in [3.05, 3.63) is 60.7 Å². The zero-order valence-electron chi connectivity index (χ0n) is 13.0. The Bertz CT molecular complexity index is 585. The van der Waals surface area contributed by atoms with E-state index in [4.69, 9.17) is 9.47 Å². The predicted molar refractivity (Wildman–Crippen MR) is 90.7 cm³/mol. The largest absolute Gasteiger partial charge is 0.426 e. The van der Waals surface area contributed by atoms with Crippen molar-refractivity contribution in [2.45, 2.75) is 24.3 Å². The molecule has 0 saturated carbocycles. The van der Waals surface area contributed by atoms with Crippen molar-refractivity contribution in [3.8, 4) is 11.5 Å². The van der Waals surface area contributed by atoms with Gasteiger partial charge in [0.1, 0.15) is 22.0 Å². The first-order valence-corrected chi connectivity index (χ1v) is 8.19. The lowest BCUT2D eigenvalue weighted by atomic mass is 10.3. The molecule has 5 heteroatoms. The van der Waals surface area contributed by atoms with Gasteiger partial charge in [-0.25, -0.2) is 0 Å². The molecule has 0 aliphatic heterocycles. The predicted octanol–water partition coefficient (Wildman–Crippen LogP) is 3.71. The van der Waals surface area contributed by atoms with Crippen molar-refractivity contribution >= 4 is 23.7 Å². The molecule has 2 atom stereocenters. The van der Waals surface area contributed by atoms with Crippen LogP contribution in [0, 0.1) is 0 Å². The summed E-state index contributed by atoms with van der Waals surface area (Å²) in [5.74, 6) is 0.204. The van der Waals surface area contributed by atoms with Gasteiger partial charge in [-0.2, -0.15) is 0 Å². The molecule has 0 saturated heterocycles. The molecule has 23 heavy (non-hydrogen) atoms. The third-order valence-electron chi connectivity index (χ3n) is 3.00. The van der Waals surface area contributed by atoms with Gasteiger partial charge in [0, 0.05) is 0 Å². The molecular weight excluding hydrogens is 312 g/mol. The number of rotatable bonds is 6. The monoisotopic (exact) mass is 330 g/mol. The molecule has 0 N–H and O–H groups in total. The maximum absolute atomic E-state index is 12.0. The Morgan fingerprint density at radius 1 is 0.739 bits per heavy atom. The number of benzene rings is 2. The molecule has 0 fully saturated rings. The smallest absolute Gasteiger partial charge is 0.324 e. The minimum atomic E-state index is -0.478. The van der Waals surface area contributed by atoms with E-state index in [2.05, 4.69) is 0 Å². The molecule has 0 amide bonds. The van der Waals surface area contributed by atoms with E-state index in [1.54, 1.807) is 62.4 Å². The molecule has 0 aliphatic carbocycles. The van der Waals surface area contributed by atoms with Gasteiger partial charge in [-0.05, 0) is 38.1 Å². The highest BCUT2D eigenvalue weighted by molar-refractivity contribution is 8.01. The molecule has 0 radical (unpaired) electrons. The minimum Gasteiger partial charge on any atom is -0.426 e. The maximum atomic E-state index is 12.0. The highest BCUT2D eigenvalue weighted by Crippen LogP contribution is 2.22. The van der Waals surface area contributed by atoms with Crippen LogP contribution in [0.4, 0.5) is 0 Å². The average molecular weight is 330 g/mol. The van der Waals surface area contributed by atoms with E-state index in [-0.39, 0.29) is 11.9 Å². The SMILES string of the molecule is CC(SC(C)C(=O)Oc1ccccc1)C(=O)Oc1ccccc1. The number of esters is 2. The number of para-hydroxylation sites is 2. The quantitative estimate of drug-likeness (QED) is 0.597. The molecule has 2 aromatic rings. The second kappa shape index (κ2) is 8.39. The van der Waals surface area contributed by atoms with E-state index in [9.17, 15) is 9.59 Å². The Labute approximate surface area is 139 Å². The van der Waals surface area contributed by atoms with Crippen molar-refractivity contribution < 1.29 is 19.1 Å². The normalized spacial score (nSPS) is 13.0. The summed E-state index contributed by atoms with van der Waals surface area (Å²) in [4.78, 5) is 24.1. The van der Waals surface area contributed by atoms with Crippen molar-refractivity contribution in [2.24, 2.45) is 0 Å². The summed E-state index contributed by atoms with van der Waals surface area (Å²) in [6.45, 7) is 3.42. The minimum absolute atomic E-state index is 0.388. The highest BCUT2D eigenvalue weighted by atomic mass is 32.2. The molecule has 0 heterocycles. The van der Waals surface area contributed by atoms with E-state index in [1.165, 1.54) is 11.8 Å². The lowest BCUT2D eigenvalue weighted by Gasteiger charge is -2.15. The molecule has 0 spiro atoms. The summed E-state index contributed by atoms with van der Waals surface area (Å²) in [7, 11) is 0. The Morgan fingerprint density at radius 3 is 1.43 bits per heavy atom. The molecule has 2 rings (SSSR count). The third-order valence-corrected chi connectivity index (χ3v) is 4.20. The maximum Gasteiger partial charge on any atom is 0.324 e. The fourth-order valence-electron chi connectivity index (χ4n) is 1.79. The van der Waals surface area contributed by atoms with Crippen LogP contribution in [0.5, 0.6) is 11.5 Å². The first-order valence-electron chi connectivity index (χ1n) is 7.25. The number of hydrogen-bond acceptors (Lipinski definition) is 5. The standard InChI is InChI=1S/C18H18O4S/c1-13(17(19)21-15-9-5-3-6-10-15)23-14(2)18(20)22-16-11-7-4-8-12-16/h3-14H,1-2H3. The van der Waals surface area contributed by atoms with Crippen LogP contribution in [0.1, 0.15) is 13.8 Å². The Balaban J connectivity index is 1.85. The Hall–Kier alpha value is -2.27. The topological polar surface area (TPSA) is 52.6 Å². The van der Waals surface area contributed by atoms with Crippen LogP contribution >= 0.6 is 11.8 Å². The molecule has 0 bridgehead atoms. The van der Waals surface area contributed by atoms with Gasteiger partial charge in [0.25, 0.3) is 0 Å². The zero-order valence-corrected chi connectivity index (χ0v) is 13.8. The Kier molecular flexibility index (Phi) is 6.23.